The Kier molecular flexibility index (Phi) is 3.07. The van der Waals surface area contributed by atoms with Crippen LogP contribution >= 0.6 is 0 Å². The number of rotatable bonds is 2. The highest BCUT2D eigenvalue weighted by Crippen LogP contribution is 2.75. The van der Waals surface area contributed by atoms with E-state index in [1.165, 1.54) is 11.1 Å². The van der Waals surface area contributed by atoms with Crippen LogP contribution in [0.1, 0.15) is 29.9 Å². The quantitative estimate of drug-likeness (QED) is 0.767. The molecule has 2 nitrogen and oxygen atoms in total. The summed E-state index contributed by atoms with van der Waals surface area (Å²) in [4.78, 5) is 0. The molecular weight excluding hydrogens is 280 g/mol. The fourth-order valence-corrected chi connectivity index (χ4v) is 4.61. The molecule has 0 aromatic heterocycles. The van der Waals surface area contributed by atoms with Crippen molar-refractivity contribution >= 4 is 0 Å². The molecule has 0 unspecified atom stereocenters. The Morgan fingerprint density at radius 2 is 1.48 bits per heavy atom. The molecule has 4 rings (SSSR count). The lowest BCUT2D eigenvalue weighted by atomic mass is 9.88. The van der Waals surface area contributed by atoms with Crippen molar-refractivity contribution in [3.05, 3.63) is 82.9 Å². The molecule has 0 N–H and O–H groups in total. The van der Waals surface area contributed by atoms with Crippen LogP contribution < -0.4 is 0 Å². The Morgan fingerprint density at radius 1 is 0.870 bits per heavy atom. The highest BCUT2D eigenvalue weighted by molar-refractivity contribution is 5.58. The van der Waals surface area contributed by atoms with Crippen LogP contribution in [0.25, 0.3) is 0 Å². The van der Waals surface area contributed by atoms with E-state index < -0.39 is 0 Å². The smallest absolute Gasteiger partial charge is 0.129 e. The number of fused-ring (bicyclic) bond motifs is 1. The summed E-state index contributed by atoms with van der Waals surface area (Å²) in [5.41, 5.74) is 4.11. The van der Waals surface area contributed by atoms with Gasteiger partial charge in [0.25, 0.3) is 0 Å². The summed E-state index contributed by atoms with van der Waals surface area (Å²) < 4.78 is 0. The van der Waals surface area contributed by atoms with Crippen LogP contribution in [0.2, 0.25) is 0 Å². The number of benzene rings is 2. The maximum absolute atomic E-state index is 9.30. The first-order valence-corrected chi connectivity index (χ1v) is 7.96. The normalized spacial score (nSPS) is 27.7. The zero-order valence-corrected chi connectivity index (χ0v) is 12.7. The molecule has 0 radical (unpaired) electrons. The van der Waals surface area contributed by atoms with Gasteiger partial charge in [0.1, 0.15) is 17.7 Å². The van der Waals surface area contributed by atoms with Crippen LogP contribution in [0.15, 0.2) is 71.8 Å². The van der Waals surface area contributed by atoms with Crippen molar-refractivity contribution in [2.75, 3.05) is 0 Å². The van der Waals surface area contributed by atoms with Crippen LogP contribution in [-0.2, 0) is 5.41 Å². The lowest BCUT2D eigenvalue weighted by molar-refractivity contribution is 0.631. The molecule has 0 bridgehead atoms. The Labute approximate surface area is 136 Å². The Morgan fingerprint density at radius 3 is 2.09 bits per heavy atom. The van der Waals surface area contributed by atoms with Gasteiger partial charge in [-0.2, -0.15) is 10.5 Å². The molecule has 2 heteroatoms. The van der Waals surface area contributed by atoms with Crippen molar-refractivity contribution < 1.29 is 0 Å². The minimum atomic E-state index is 0.0664. The zero-order valence-electron chi connectivity index (χ0n) is 12.7. The average Bonchev–Trinajstić information content (AvgIpc) is 3.15. The second-order valence-corrected chi connectivity index (χ2v) is 6.40. The van der Waals surface area contributed by atoms with E-state index in [1.54, 1.807) is 0 Å². The first-order chi connectivity index (χ1) is 11.3. The second kappa shape index (κ2) is 5.11. The fraction of sp³-hybridized carbons (Fsp3) is 0.238. The van der Waals surface area contributed by atoms with E-state index in [9.17, 15) is 10.5 Å². The van der Waals surface area contributed by atoms with E-state index in [1.807, 2.05) is 12.1 Å². The molecule has 0 saturated heterocycles. The molecule has 0 spiro atoms. The maximum Gasteiger partial charge on any atom is 0.129 e. The lowest BCUT2D eigenvalue weighted by Gasteiger charge is -2.16. The maximum atomic E-state index is 9.30. The Bertz CT molecular complexity index is 836. The first kappa shape index (κ1) is 13.8. The third-order valence-electron chi connectivity index (χ3n) is 5.53. The van der Waals surface area contributed by atoms with Crippen molar-refractivity contribution in [2.24, 2.45) is 5.92 Å². The van der Waals surface area contributed by atoms with Crippen molar-refractivity contribution in [3.8, 4) is 12.1 Å². The van der Waals surface area contributed by atoms with Crippen LogP contribution in [0, 0.1) is 28.6 Å². The molecule has 0 heterocycles. The second-order valence-electron chi connectivity index (χ2n) is 6.40. The van der Waals surface area contributed by atoms with Crippen molar-refractivity contribution in [2.45, 2.75) is 24.2 Å². The van der Waals surface area contributed by atoms with Crippen LogP contribution in [0.5, 0.6) is 0 Å². The van der Waals surface area contributed by atoms with Gasteiger partial charge in [0.05, 0.1) is 0 Å². The summed E-state index contributed by atoms with van der Waals surface area (Å²) in [6.45, 7) is 0. The summed E-state index contributed by atoms with van der Waals surface area (Å²) >= 11 is 0. The minimum absolute atomic E-state index is 0.0664. The fourth-order valence-electron chi connectivity index (χ4n) is 4.61. The van der Waals surface area contributed by atoms with Gasteiger partial charge in [-0.05, 0) is 29.5 Å². The molecule has 3 atom stereocenters. The van der Waals surface area contributed by atoms with Gasteiger partial charge in [0.2, 0.25) is 0 Å². The molecule has 2 aromatic rings. The van der Waals surface area contributed by atoms with E-state index in [4.69, 9.17) is 0 Å². The summed E-state index contributed by atoms with van der Waals surface area (Å²) in [5, 5.41) is 18.6. The van der Waals surface area contributed by atoms with Gasteiger partial charge in [0, 0.05) is 17.3 Å². The van der Waals surface area contributed by atoms with Crippen LogP contribution in [0.3, 0.4) is 0 Å². The summed E-state index contributed by atoms with van der Waals surface area (Å²) in [7, 11) is 0. The van der Waals surface area contributed by atoms with Crippen LogP contribution in [-0.4, -0.2) is 0 Å². The monoisotopic (exact) mass is 296 g/mol. The molecular formula is C21H16N2. The van der Waals surface area contributed by atoms with Crippen molar-refractivity contribution in [1.82, 2.24) is 0 Å². The number of nitrogens with zero attached hydrogens (tertiary/aromatic N) is 2. The SMILES string of the molecule is N#CC(C#N)=C1CC[C@]2(c3ccccc3)[C@H]1[C@@H]2c1ccccc1. The molecule has 2 aliphatic rings. The molecule has 110 valence electrons. The van der Waals surface area contributed by atoms with Crippen LogP contribution in [0.4, 0.5) is 0 Å². The molecule has 2 aliphatic carbocycles. The van der Waals surface area contributed by atoms with E-state index in [-0.39, 0.29) is 5.41 Å². The molecule has 0 amide bonds. The van der Waals surface area contributed by atoms with Gasteiger partial charge in [0.15, 0.2) is 0 Å². The third-order valence-corrected chi connectivity index (χ3v) is 5.53. The lowest BCUT2D eigenvalue weighted by Crippen LogP contribution is -2.08. The van der Waals surface area contributed by atoms with Gasteiger partial charge in [-0.15, -0.1) is 0 Å². The number of hydrogen-bond donors (Lipinski definition) is 0. The predicted octanol–water partition coefficient (Wildman–Crippen LogP) is 4.48. The van der Waals surface area contributed by atoms with Gasteiger partial charge < -0.3 is 0 Å². The topological polar surface area (TPSA) is 47.6 Å². The average molecular weight is 296 g/mol. The summed E-state index contributed by atoms with van der Waals surface area (Å²) in [6, 6.07) is 25.3. The van der Waals surface area contributed by atoms with Crippen molar-refractivity contribution in [3.63, 3.8) is 0 Å². The predicted molar refractivity (Wildman–Crippen MR) is 88.3 cm³/mol. The molecule has 2 aromatic carbocycles. The summed E-state index contributed by atoms with van der Waals surface area (Å²) in [5.74, 6) is 0.674. The van der Waals surface area contributed by atoms with E-state index in [0.717, 1.165) is 18.4 Å². The minimum Gasteiger partial charge on any atom is -0.192 e. The third kappa shape index (κ3) is 1.85. The van der Waals surface area contributed by atoms with Gasteiger partial charge >= 0.3 is 0 Å². The molecule has 0 aliphatic heterocycles. The van der Waals surface area contributed by atoms with Gasteiger partial charge in [-0.25, -0.2) is 0 Å². The van der Waals surface area contributed by atoms with E-state index >= 15 is 0 Å². The first-order valence-electron chi connectivity index (χ1n) is 7.96. The number of allylic oxidation sites excluding steroid dienone is 2. The van der Waals surface area contributed by atoms with E-state index in [0.29, 0.717) is 17.4 Å². The zero-order chi connectivity index (χ0) is 15.9. The highest BCUT2D eigenvalue weighted by atomic mass is 14.7. The van der Waals surface area contributed by atoms with Crippen molar-refractivity contribution in [1.29, 1.82) is 10.5 Å². The number of nitriles is 2. The Balaban J connectivity index is 1.86. The summed E-state index contributed by atoms with van der Waals surface area (Å²) in [6.07, 6.45) is 1.88. The molecule has 23 heavy (non-hydrogen) atoms. The molecule has 2 fully saturated rings. The highest BCUT2D eigenvalue weighted by Gasteiger charge is 2.70. The molecule has 2 saturated carbocycles. The van der Waals surface area contributed by atoms with Gasteiger partial charge in [-0.1, -0.05) is 60.7 Å². The number of hydrogen-bond acceptors (Lipinski definition) is 2. The Hall–Kier alpha value is -2.84. The largest absolute Gasteiger partial charge is 0.192 e. The standard InChI is InChI=1S/C21H16N2/c22-13-16(14-23)18-11-12-21(17-9-5-2-6-10-17)19(20(18)21)15-7-3-1-4-8-15/h1-10,19-20H,11-12H2/t19-,20+,21+/m0/s1. The van der Waals surface area contributed by atoms with E-state index in [2.05, 4.69) is 60.7 Å². The van der Waals surface area contributed by atoms with Gasteiger partial charge in [-0.3, -0.25) is 0 Å².